The van der Waals surface area contributed by atoms with Crippen molar-refractivity contribution in [2.45, 2.75) is 37.6 Å². The molecule has 1 heterocycles. The highest BCUT2D eigenvalue weighted by Crippen LogP contribution is 2.33. The maximum Gasteiger partial charge on any atom is 0.0363 e. The van der Waals surface area contributed by atoms with E-state index in [1.165, 1.54) is 32.1 Å². The quantitative estimate of drug-likeness (QED) is 0.760. The highest BCUT2D eigenvalue weighted by molar-refractivity contribution is 7.85. The van der Waals surface area contributed by atoms with E-state index < -0.39 is 10.8 Å². The van der Waals surface area contributed by atoms with Crippen LogP contribution in [-0.2, 0) is 10.8 Å². The van der Waals surface area contributed by atoms with Gasteiger partial charge in [0.1, 0.15) is 0 Å². The Bertz CT molecular complexity index is 229. The number of nitrogens with two attached hydrogens (primary N) is 1. The molecule has 2 aliphatic rings. The van der Waals surface area contributed by atoms with E-state index in [0.717, 1.165) is 31.1 Å². The summed E-state index contributed by atoms with van der Waals surface area (Å²) in [7, 11) is -0.568. The van der Waals surface area contributed by atoms with Crippen molar-refractivity contribution in [1.29, 1.82) is 0 Å². The lowest BCUT2D eigenvalue weighted by atomic mass is 9.80. The predicted molar refractivity (Wildman–Crippen MR) is 64.3 cm³/mol. The SMILES string of the molecule is NCC1(N2CCS(=O)CC2)CCCCC1. The van der Waals surface area contributed by atoms with Crippen LogP contribution in [0.4, 0.5) is 0 Å². The first-order chi connectivity index (χ1) is 7.27. The Morgan fingerprint density at radius 3 is 2.27 bits per heavy atom. The summed E-state index contributed by atoms with van der Waals surface area (Å²) in [6.07, 6.45) is 6.49. The molecule has 0 bridgehead atoms. The highest BCUT2D eigenvalue weighted by Gasteiger charge is 2.37. The standard InChI is InChI=1S/C11H22N2OS/c12-10-11(4-2-1-3-5-11)13-6-8-15(14)9-7-13/h1-10,12H2. The largest absolute Gasteiger partial charge is 0.329 e. The van der Waals surface area contributed by atoms with Gasteiger partial charge in [-0.2, -0.15) is 0 Å². The Balaban J connectivity index is 2.01. The lowest BCUT2D eigenvalue weighted by Crippen LogP contribution is -2.58. The van der Waals surface area contributed by atoms with Crippen LogP contribution >= 0.6 is 0 Å². The molecule has 4 heteroatoms. The van der Waals surface area contributed by atoms with Crippen LogP contribution in [0.15, 0.2) is 0 Å². The molecule has 2 fully saturated rings. The van der Waals surface area contributed by atoms with Gasteiger partial charge in [-0.15, -0.1) is 0 Å². The van der Waals surface area contributed by atoms with Gasteiger partial charge in [-0.1, -0.05) is 19.3 Å². The van der Waals surface area contributed by atoms with Crippen LogP contribution in [0.2, 0.25) is 0 Å². The van der Waals surface area contributed by atoms with E-state index in [2.05, 4.69) is 4.90 Å². The van der Waals surface area contributed by atoms with Crippen LogP contribution in [-0.4, -0.2) is 45.8 Å². The smallest absolute Gasteiger partial charge is 0.0363 e. The molecule has 1 aliphatic carbocycles. The van der Waals surface area contributed by atoms with Crippen LogP contribution in [0.1, 0.15) is 32.1 Å². The minimum Gasteiger partial charge on any atom is -0.329 e. The molecule has 2 N–H and O–H groups in total. The average Bonchev–Trinajstić information content (AvgIpc) is 2.31. The van der Waals surface area contributed by atoms with Crippen LogP contribution in [0, 0.1) is 0 Å². The molecule has 1 saturated heterocycles. The zero-order valence-electron chi connectivity index (χ0n) is 9.41. The van der Waals surface area contributed by atoms with Crippen molar-refractivity contribution in [1.82, 2.24) is 4.90 Å². The fraction of sp³-hybridized carbons (Fsp3) is 1.00. The molecule has 0 amide bonds. The molecule has 0 spiro atoms. The van der Waals surface area contributed by atoms with Gasteiger partial charge in [-0.05, 0) is 12.8 Å². The molecular weight excluding hydrogens is 208 g/mol. The van der Waals surface area contributed by atoms with Gasteiger partial charge in [-0.3, -0.25) is 9.11 Å². The third-order valence-corrected chi connectivity index (χ3v) is 5.29. The monoisotopic (exact) mass is 230 g/mol. The minimum absolute atomic E-state index is 0.253. The molecule has 1 saturated carbocycles. The first-order valence-electron chi connectivity index (χ1n) is 6.07. The van der Waals surface area contributed by atoms with E-state index in [1.54, 1.807) is 0 Å². The lowest BCUT2D eigenvalue weighted by molar-refractivity contribution is 0.0660. The van der Waals surface area contributed by atoms with Gasteiger partial charge in [0.2, 0.25) is 0 Å². The molecule has 3 nitrogen and oxygen atoms in total. The molecule has 0 aromatic carbocycles. The van der Waals surface area contributed by atoms with Crippen molar-refractivity contribution in [3.05, 3.63) is 0 Å². The van der Waals surface area contributed by atoms with Crippen LogP contribution in [0.3, 0.4) is 0 Å². The molecule has 0 unspecified atom stereocenters. The highest BCUT2D eigenvalue weighted by atomic mass is 32.2. The average molecular weight is 230 g/mol. The molecule has 88 valence electrons. The molecule has 1 aliphatic heterocycles. The van der Waals surface area contributed by atoms with Gasteiger partial charge < -0.3 is 5.73 Å². The number of rotatable bonds is 2. The molecule has 0 aromatic heterocycles. The van der Waals surface area contributed by atoms with E-state index in [0.29, 0.717) is 0 Å². The summed E-state index contributed by atoms with van der Waals surface area (Å²) < 4.78 is 11.3. The van der Waals surface area contributed by atoms with Gasteiger partial charge >= 0.3 is 0 Å². The van der Waals surface area contributed by atoms with Gasteiger partial charge in [-0.25, -0.2) is 0 Å². The van der Waals surface area contributed by atoms with Crippen molar-refractivity contribution in [3.63, 3.8) is 0 Å². The Labute approximate surface area is 94.9 Å². The summed E-state index contributed by atoms with van der Waals surface area (Å²) in [5.74, 6) is 1.70. The molecule has 0 atom stereocenters. The van der Waals surface area contributed by atoms with Crippen LogP contribution < -0.4 is 5.73 Å². The number of nitrogens with zero attached hydrogens (tertiary/aromatic N) is 1. The second-order valence-corrected chi connectivity index (χ2v) is 6.52. The van der Waals surface area contributed by atoms with Gasteiger partial charge in [0, 0.05) is 47.5 Å². The summed E-state index contributed by atoms with van der Waals surface area (Å²) in [6, 6.07) is 0. The van der Waals surface area contributed by atoms with Gasteiger partial charge in [0.25, 0.3) is 0 Å². The zero-order chi connectivity index (χ0) is 10.7. The van der Waals surface area contributed by atoms with Gasteiger partial charge in [0.15, 0.2) is 0 Å². The molecular formula is C11H22N2OS. The van der Waals surface area contributed by atoms with Crippen LogP contribution in [0.5, 0.6) is 0 Å². The topological polar surface area (TPSA) is 46.3 Å². The third-order valence-electron chi connectivity index (χ3n) is 4.01. The first-order valence-corrected chi connectivity index (χ1v) is 7.56. The molecule has 0 radical (unpaired) electrons. The van der Waals surface area contributed by atoms with Crippen molar-refractivity contribution in [2.24, 2.45) is 5.73 Å². The summed E-state index contributed by atoms with van der Waals surface area (Å²) in [4.78, 5) is 2.52. The third kappa shape index (κ3) is 2.43. The van der Waals surface area contributed by atoms with Crippen molar-refractivity contribution >= 4 is 10.8 Å². The van der Waals surface area contributed by atoms with Crippen LogP contribution in [0.25, 0.3) is 0 Å². The van der Waals surface area contributed by atoms with Crippen molar-refractivity contribution in [3.8, 4) is 0 Å². The summed E-state index contributed by atoms with van der Waals surface area (Å²) in [5.41, 5.74) is 6.24. The molecule has 0 aromatic rings. The predicted octanol–water partition coefficient (Wildman–Crippen LogP) is 0.712. The fourth-order valence-corrected chi connectivity index (χ4v) is 4.02. The van der Waals surface area contributed by atoms with E-state index in [9.17, 15) is 4.21 Å². The van der Waals surface area contributed by atoms with Crippen molar-refractivity contribution in [2.75, 3.05) is 31.1 Å². The zero-order valence-corrected chi connectivity index (χ0v) is 10.2. The Hall–Kier alpha value is 0.0700. The minimum atomic E-state index is -0.568. The van der Waals surface area contributed by atoms with E-state index in [1.807, 2.05) is 0 Å². The number of hydrogen-bond acceptors (Lipinski definition) is 3. The normalized spacial score (nSPS) is 29.1. The summed E-state index contributed by atoms with van der Waals surface area (Å²) in [5, 5.41) is 0. The van der Waals surface area contributed by atoms with E-state index >= 15 is 0 Å². The first kappa shape index (κ1) is 11.6. The second-order valence-electron chi connectivity index (χ2n) is 4.82. The second kappa shape index (κ2) is 4.93. The lowest BCUT2D eigenvalue weighted by Gasteiger charge is -2.47. The van der Waals surface area contributed by atoms with E-state index in [-0.39, 0.29) is 5.54 Å². The Morgan fingerprint density at radius 2 is 1.73 bits per heavy atom. The summed E-state index contributed by atoms with van der Waals surface area (Å²) in [6.45, 7) is 2.76. The number of hydrogen-bond donors (Lipinski definition) is 1. The fourth-order valence-electron chi connectivity index (χ4n) is 2.97. The summed E-state index contributed by atoms with van der Waals surface area (Å²) >= 11 is 0. The Morgan fingerprint density at radius 1 is 1.13 bits per heavy atom. The van der Waals surface area contributed by atoms with Crippen molar-refractivity contribution < 1.29 is 4.21 Å². The maximum atomic E-state index is 11.3. The molecule has 2 rings (SSSR count). The maximum absolute atomic E-state index is 11.3. The Kier molecular flexibility index (Phi) is 3.80. The van der Waals surface area contributed by atoms with Gasteiger partial charge in [0.05, 0.1) is 0 Å². The molecule has 15 heavy (non-hydrogen) atoms. The van der Waals surface area contributed by atoms with E-state index in [4.69, 9.17) is 5.73 Å².